The Labute approximate surface area is 115 Å². The monoisotopic (exact) mass is 309 g/mol. The normalized spacial score (nSPS) is 10.8. The molecule has 4 heteroatoms. The Balaban J connectivity index is 1.97. The highest BCUT2D eigenvalue weighted by atomic mass is 79.9. The fourth-order valence-electron chi connectivity index (χ4n) is 1.75. The quantitative estimate of drug-likeness (QED) is 0.830. The molecule has 0 aliphatic rings. The lowest BCUT2D eigenvalue weighted by molar-refractivity contribution is 0.266. The first-order chi connectivity index (χ1) is 8.79. The minimum atomic E-state index is 0.260. The summed E-state index contributed by atoms with van der Waals surface area (Å²) in [6.07, 6.45) is 4.60. The van der Waals surface area contributed by atoms with Gasteiger partial charge in [-0.3, -0.25) is 4.98 Å². The number of aliphatic hydroxyl groups is 1. The van der Waals surface area contributed by atoms with Crippen molar-refractivity contribution in [1.82, 2.24) is 4.98 Å². The van der Waals surface area contributed by atoms with E-state index in [0.29, 0.717) is 6.61 Å². The zero-order valence-corrected chi connectivity index (χ0v) is 11.7. The van der Waals surface area contributed by atoms with E-state index in [-0.39, 0.29) is 6.61 Å². The Bertz CT molecular complexity index is 516. The largest absolute Gasteiger partial charge is 0.494 e. The number of hydrogen-bond donors (Lipinski definition) is 1. The van der Waals surface area contributed by atoms with Crippen LogP contribution in [0.25, 0.3) is 10.9 Å². The molecule has 0 aliphatic heterocycles. The standard InChI is InChI=1S/C14H16BrNO2/c15-12-8-11-9-13(4-5-14(11)16-10-12)18-7-3-1-2-6-17/h4-5,8-10,17H,1-3,6-7H2. The van der Waals surface area contributed by atoms with Gasteiger partial charge in [0, 0.05) is 22.7 Å². The molecular formula is C14H16BrNO2. The summed E-state index contributed by atoms with van der Waals surface area (Å²) in [4.78, 5) is 4.31. The molecule has 18 heavy (non-hydrogen) atoms. The fourth-order valence-corrected chi connectivity index (χ4v) is 2.10. The van der Waals surface area contributed by atoms with Gasteiger partial charge in [-0.05, 0) is 59.5 Å². The second-order valence-electron chi connectivity index (χ2n) is 4.14. The average molecular weight is 310 g/mol. The van der Waals surface area contributed by atoms with Gasteiger partial charge in [0.15, 0.2) is 0 Å². The number of ether oxygens (including phenoxy) is 1. The predicted molar refractivity (Wildman–Crippen MR) is 75.9 cm³/mol. The molecule has 0 amide bonds. The predicted octanol–water partition coefficient (Wildman–Crippen LogP) is 3.54. The summed E-state index contributed by atoms with van der Waals surface area (Å²) < 4.78 is 6.64. The number of halogens is 1. The van der Waals surface area contributed by atoms with Gasteiger partial charge in [-0.1, -0.05) is 0 Å². The smallest absolute Gasteiger partial charge is 0.120 e. The summed E-state index contributed by atoms with van der Waals surface area (Å²) in [5.41, 5.74) is 0.964. The van der Waals surface area contributed by atoms with E-state index < -0.39 is 0 Å². The van der Waals surface area contributed by atoms with Gasteiger partial charge < -0.3 is 9.84 Å². The minimum absolute atomic E-state index is 0.260. The molecular weight excluding hydrogens is 294 g/mol. The van der Waals surface area contributed by atoms with E-state index in [0.717, 1.165) is 40.4 Å². The third-order valence-corrected chi connectivity index (χ3v) is 3.12. The van der Waals surface area contributed by atoms with Crippen molar-refractivity contribution in [2.75, 3.05) is 13.2 Å². The Morgan fingerprint density at radius 2 is 2.06 bits per heavy atom. The molecule has 0 bridgehead atoms. The van der Waals surface area contributed by atoms with Gasteiger partial charge in [-0.2, -0.15) is 0 Å². The van der Waals surface area contributed by atoms with Crippen molar-refractivity contribution >= 4 is 26.8 Å². The Morgan fingerprint density at radius 1 is 1.17 bits per heavy atom. The number of aromatic nitrogens is 1. The average Bonchev–Trinajstić information content (AvgIpc) is 2.38. The Morgan fingerprint density at radius 3 is 2.89 bits per heavy atom. The number of benzene rings is 1. The van der Waals surface area contributed by atoms with Crippen LogP contribution in [0.3, 0.4) is 0 Å². The molecule has 0 unspecified atom stereocenters. The molecule has 1 aromatic carbocycles. The third-order valence-electron chi connectivity index (χ3n) is 2.69. The summed E-state index contributed by atoms with van der Waals surface area (Å²) in [5.74, 6) is 0.867. The van der Waals surface area contributed by atoms with Crippen molar-refractivity contribution in [2.45, 2.75) is 19.3 Å². The van der Waals surface area contributed by atoms with Crippen LogP contribution in [0.1, 0.15) is 19.3 Å². The van der Waals surface area contributed by atoms with E-state index in [1.807, 2.05) is 24.3 Å². The zero-order chi connectivity index (χ0) is 12.8. The lowest BCUT2D eigenvalue weighted by atomic mass is 10.2. The molecule has 1 aromatic heterocycles. The summed E-state index contributed by atoms with van der Waals surface area (Å²) in [7, 11) is 0. The Hall–Kier alpha value is -1.13. The first kappa shape index (κ1) is 13.3. The summed E-state index contributed by atoms with van der Waals surface area (Å²) in [6.45, 7) is 0.947. The molecule has 2 aromatic rings. The maximum Gasteiger partial charge on any atom is 0.120 e. The van der Waals surface area contributed by atoms with Crippen LogP contribution in [0.5, 0.6) is 5.75 Å². The van der Waals surface area contributed by atoms with Gasteiger partial charge in [0.1, 0.15) is 5.75 Å². The highest BCUT2D eigenvalue weighted by Crippen LogP contribution is 2.22. The van der Waals surface area contributed by atoms with Crippen molar-refractivity contribution in [3.63, 3.8) is 0 Å². The first-order valence-electron chi connectivity index (χ1n) is 6.08. The molecule has 0 aliphatic carbocycles. The highest BCUT2D eigenvalue weighted by Gasteiger charge is 1.99. The first-order valence-corrected chi connectivity index (χ1v) is 6.88. The van der Waals surface area contributed by atoms with Gasteiger partial charge in [0.2, 0.25) is 0 Å². The Kier molecular flexibility index (Phi) is 4.96. The number of fused-ring (bicyclic) bond motifs is 1. The van der Waals surface area contributed by atoms with Crippen molar-refractivity contribution in [3.05, 3.63) is 34.9 Å². The molecule has 0 saturated heterocycles. The van der Waals surface area contributed by atoms with Gasteiger partial charge in [-0.25, -0.2) is 0 Å². The molecule has 3 nitrogen and oxygen atoms in total. The number of hydrogen-bond acceptors (Lipinski definition) is 3. The van der Waals surface area contributed by atoms with Crippen LogP contribution < -0.4 is 4.74 Å². The van der Waals surface area contributed by atoms with Crippen molar-refractivity contribution in [1.29, 1.82) is 0 Å². The second-order valence-corrected chi connectivity index (χ2v) is 5.06. The number of aliphatic hydroxyl groups excluding tert-OH is 1. The topological polar surface area (TPSA) is 42.4 Å². The van der Waals surface area contributed by atoms with E-state index in [9.17, 15) is 0 Å². The van der Waals surface area contributed by atoms with Crippen LogP contribution in [0, 0.1) is 0 Å². The summed E-state index contributed by atoms with van der Waals surface area (Å²) in [6, 6.07) is 7.93. The number of pyridine rings is 1. The summed E-state index contributed by atoms with van der Waals surface area (Å²) in [5, 5.41) is 9.74. The third kappa shape index (κ3) is 3.68. The van der Waals surface area contributed by atoms with E-state index in [1.54, 1.807) is 6.20 Å². The number of rotatable bonds is 6. The van der Waals surface area contributed by atoms with Crippen LogP contribution >= 0.6 is 15.9 Å². The van der Waals surface area contributed by atoms with Gasteiger partial charge in [0.25, 0.3) is 0 Å². The molecule has 96 valence electrons. The van der Waals surface area contributed by atoms with Crippen molar-refractivity contribution < 1.29 is 9.84 Å². The molecule has 1 heterocycles. The van der Waals surface area contributed by atoms with Crippen LogP contribution in [0.4, 0.5) is 0 Å². The van der Waals surface area contributed by atoms with E-state index in [4.69, 9.17) is 9.84 Å². The van der Waals surface area contributed by atoms with Gasteiger partial charge in [0.05, 0.1) is 12.1 Å². The number of unbranched alkanes of at least 4 members (excludes halogenated alkanes) is 2. The van der Waals surface area contributed by atoms with Gasteiger partial charge in [-0.15, -0.1) is 0 Å². The molecule has 2 rings (SSSR count). The molecule has 0 radical (unpaired) electrons. The molecule has 1 N–H and O–H groups in total. The number of nitrogens with zero attached hydrogens (tertiary/aromatic N) is 1. The molecule has 0 fully saturated rings. The maximum atomic E-state index is 8.67. The minimum Gasteiger partial charge on any atom is -0.494 e. The van der Waals surface area contributed by atoms with Crippen LogP contribution in [0.15, 0.2) is 34.9 Å². The van der Waals surface area contributed by atoms with Gasteiger partial charge >= 0.3 is 0 Å². The van der Waals surface area contributed by atoms with Crippen LogP contribution in [0.2, 0.25) is 0 Å². The van der Waals surface area contributed by atoms with Crippen molar-refractivity contribution in [2.24, 2.45) is 0 Å². The molecule has 0 spiro atoms. The SMILES string of the molecule is OCCCCCOc1ccc2ncc(Br)cc2c1. The lowest BCUT2D eigenvalue weighted by Crippen LogP contribution is -1.98. The fraction of sp³-hybridized carbons (Fsp3) is 0.357. The molecule has 0 atom stereocenters. The highest BCUT2D eigenvalue weighted by molar-refractivity contribution is 9.10. The van der Waals surface area contributed by atoms with Crippen molar-refractivity contribution in [3.8, 4) is 5.75 Å². The zero-order valence-electron chi connectivity index (χ0n) is 10.1. The van der Waals surface area contributed by atoms with Crippen LogP contribution in [-0.2, 0) is 0 Å². The van der Waals surface area contributed by atoms with Crippen LogP contribution in [-0.4, -0.2) is 23.3 Å². The molecule has 0 saturated carbocycles. The van der Waals surface area contributed by atoms with E-state index in [1.165, 1.54) is 0 Å². The maximum absolute atomic E-state index is 8.67. The lowest BCUT2D eigenvalue weighted by Gasteiger charge is -2.07. The second kappa shape index (κ2) is 6.71. The van der Waals surface area contributed by atoms with E-state index >= 15 is 0 Å². The van der Waals surface area contributed by atoms with E-state index in [2.05, 4.69) is 20.9 Å². The summed E-state index contributed by atoms with van der Waals surface area (Å²) >= 11 is 3.41.